The van der Waals surface area contributed by atoms with E-state index in [-0.39, 0.29) is 5.69 Å². The molecule has 2 rings (SSSR count). The summed E-state index contributed by atoms with van der Waals surface area (Å²) >= 11 is 0. The Morgan fingerprint density at radius 1 is 1.33 bits per heavy atom. The van der Waals surface area contributed by atoms with Gasteiger partial charge in [0, 0.05) is 13.1 Å². The SMILES string of the molecule is CC1CCN(c2ncc(NC(=O)CC(F)(F)F)cn2)CC1. The summed E-state index contributed by atoms with van der Waals surface area (Å²) in [7, 11) is 0. The fourth-order valence-electron chi connectivity index (χ4n) is 2.14. The number of piperidine rings is 1. The molecule has 2 heterocycles. The number of nitrogens with zero attached hydrogens (tertiary/aromatic N) is 3. The van der Waals surface area contributed by atoms with Crippen molar-refractivity contribution in [2.75, 3.05) is 23.3 Å². The van der Waals surface area contributed by atoms with Crippen LogP contribution in [0.25, 0.3) is 0 Å². The summed E-state index contributed by atoms with van der Waals surface area (Å²) < 4.78 is 36.1. The first kappa shape index (κ1) is 15.5. The van der Waals surface area contributed by atoms with Crippen LogP contribution in [0.1, 0.15) is 26.2 Å². The van der Waals surface area contributed by atoms with E-state index in [0.717, 1.165) is 25.9 Å². The van der Waals surface area contributed by atoms with Gasteiger partial charge in [-0.3, -0.25) is 4.79 Å². The number of anilines is 2. The highest BCUT2D eigenvalue weighted by Gasteiger charge is 2.31. The second-order valence-electron chi connectivity index (χ2n) is 5.28. The number of nitrogens with one attached hydrogen (secondary N) is 1. The molecule has 0 spiro atoms. The Balaban J connectivity index is 1.91. The molecule has 21 heavy (non-hydrogen) atoms. The summed E-state index contributed by atoms with van der Waals surface area (Å²) in [4.78, 5) is 21.4. The molecule has 0 atom stereocenters. The largest absolute Gasteiger partial charge is 0.397 e. The molecule has 1 aromatic heterocycles. The van der Waals surface area contributed by atoms with Crippen molar-refractivity contribution in [1.29, 1.82) is 0 Å². The van der Waals surface area contributed by atoms with Gasteiger partial charge in [-0.05, 0) is 18.8 Å². The Kier molecular flexibility index (Phi) is 4.64. The van der Waals surface area contributed by atoms with Gasteiger partial charge < -0.3 is 10.2 Å². The van der Waals surface area contributed by atoms with Crippen molar-refractivity contribution >= 4 is 17.5 Å². The molecule has 5 nitrogen and oxygen atoms in total. The Morgan fingerprint density at radius 2 is 1.90 bits per heavy atom. The Hall–Kier alpha value is -1.86. The van der Waals surface area contributed by atoms with Gasteiger partial charge >= 0.3 is 6.18 Å². The minimum atomic E-state index is -4.52. The standard InChI is InChI=1S/C13H17F3N4O/c1-9-2-4-20(5-3-9)12-17-7-10(8-18-12)19-11(21)6-13(14,15)16/h7-9H,2-6H2,1H3,(H,19,21). The van der Waals surface area contributed by atoms with E-state index in [2.05, 4.69) is 22.2 Å². The molecule has 0 aliphatic carbocycles. The second-order valence-corrected chi connectivity index (χ2v) is 5.28. The third kappa shape index (κ3) is 4.87. The van der Waals surface area contributed by atoms with Crippen molar-refractivity contribution in [3.05, 3.63) is 12.4 Å². The maximum Gasteiger partial charge on any atom is 0.397 e. The van der Waals surface area contributed by atoms with Crippen molar-refractivity contribution < 1.29 is 18.0 Å². The first-order chi connectivity index (χ1) is 9.83. The summed E-state index contributed by atoms with van der Waals surface area (Å²) in [5.41, 5.74) is 0.165. The maximum absolute atomic E-state index is 12.0. The molecule has 1 fully saturated rings. The molecular weight excluding hydrogens is 285 g/mol. The van der Waals surface area contributed by atoms with Crippen LogP contribution in [0, 0.1) is 5.92 Å². The van der Waals surface area contributed by atoms with E-state index in [1.54, 1.807) is 0 Å². The number of alkyl halides is 3. The predicted molar refractivity (Wildman–Crippen MR) is 71.9 cm³/mol. The van der Waals surface area contributed by atoms with Gasteiger partial charge in [0.25, 0.3) is 0 Å². The van der Waals surface area contributed by atoms with Gasteiger partial charge in [0.2, 0.25) is 11.9 Å². The summed E-state index contributed by atoms with van der Waals surface area (Å²) in [6.07, 6.45) is -1.25. The predicted octanol–water partition coefficient (Wildman–Crippen LogP) is 2.60. The fraction of sp³-hybridized carbons (Fsp3) is 0.615. The molecule has 0 bridgehead atoms. The average molecular weight is 302 g/mol. The van der Waals surface area contributed by atoms with Crippen molar-refractivity contribution in [2.24, 2.45) is 5.92 Å². The third-order valence-corrected chi connectivity index (χ3v) is 3.35. The van der Waals surface area contributed by atoms with Crippen LogP contribution in [-0.2, 0) is 4.79 Å². The minimum Gasteiger partial charge on any atom is -0.341 e. The smallest absolute Gasteiger partial charge is 0.341 e. The van der Waals surface area contributed by atoms with Crippen LogP contribution >= 0.6 is 0 Å². The van der Waals surface area contributed by atoms with Crippen LogP contribution in [0.2, 0.25) is 0 Å². The zero-order chi connectivity index (χ0) is 15.5. The summed E-state index contributed by atoms with van der Waals surface area (Å²) in [5, 5.41) is 2.13. The molecule has 8 heteroatoms. The molecular formula is C13H17F3N4O. The summed E-state index contributed by atoms with van der Waals surface area (Å²) in [6, 6.07) is 0. The number of amides is 1. The molecule has 1 N–H and O–H groups in total. The Labute approximate surface area is 120 Å². The van der Waals surface area contributed by atoms with Gasteiger partial charge in [-0.25, -0.2) is 9.97 Å². The molecule has 0 saturated carbocycles. The van der Waals surface area contributed by atoms with Gasteiger partial charge in [0.05, 0.1) is 18.1 Å². The monoisotopic (exact) mass is 302 g/mol. The number of aromatic nitrogens is 2. The maximum atomic E-state index is 12.0. The van der Waals surface area contributed by atoms with Crippen molar-refractivity contribution in [1.82, 2.24) is 9.97 Å². The van der Waals surface area contributed by atoms with E-state index in [1.807, 2.05) is 4.90 Å². The normalized spacial score (nSPS) is 16.9. The molecule has 116 valence electrons. The van der Waals surface area contributed by atoms with Gasteiger partial charge in [-0.1, -0.05) is 6.92 Å². The van der Waals surface area contributed by atoms with Crippen molar-refractivity contribution in [3.63, 3.8) is 0 Å². The zero-order valence-corrected chi connectivity index (χ0v) is 11.7. The van der Waals surface area contributed by atoms with Crippen molar-refractivity contribution in [3.8, 4) is 0 Å². The molecule has 1 aliphatic heterocycles. The highest BCUT2D eigenvalue weighted by molar-refractivity contribution is 5.90. The van der Waals surface area contributed by atoms with E-state index < -0.39 is 18.5 Å². The van der Waals surface area contributed by atoms with Gasteiger partial charge in [0.15, 0.2) is 0 Å². The van der Waals surface area contributed by atoms with E-state index in [0.29, 0.717) is 11.9 Å². The quantitative estimate of drug-likeness (QED) is 0.932. The van der Waals surface area contributed by atoms with Crippen LogP contribution < -0.4 is 10.2 Å². The molecule has 0 radical (unpaired) electrons. The molecule has 0 unspecified atom stereocenters. The lowest BCUT2D eigenvalue weighted by molar-refractivity contribution is -0.150. The van der Waals surface area contributed by atoms with Crippen LogP contribution in [0.5, 0.6) is 0 Å². The van der Waals surface area contributed by atoms with Gasteiger partial charge in [-0.15, -0.1) is 0 Å². The first-order valence-corrected chi connectivity index (χ1v) is 6.77. The molecule has 1 aromatic rings. The minimum absolute atomic E-state index is 0.165. The van der Waals surface area contributed by atoms with Crippen LogP contribution in [0.15, 0.2) is 12.4 Å². The summed E-state index contributed by atoms with van der Waals surface area (Å²) in [6.45, 7) is 3.92. The number of rotatable bonds is 3. The molecule has 1 aliphatic rings. The average Bonchev–Trinajstić information content (AvgIpc) is 2.38. The highest BCUT2D eigenvalue weighted by atomic mass is 19.4. The first-order valence-electron chi connectivity index (χ1n) is 6.77. The van der Waals surface area contributed by atoms with E-state index in [4.69, 9.17) is 0 Å². The third-order valence-electron chi connectivity index (χ3n) is 3.35. The lowest BCUT2D eigenvalue weighted by Gasteiger charge is -2.30. The van der Waals surface area contributed by atoms with Crippen LogP contribution in [0.4, 0.5) is 24.8 Å². The Bertz CT molecular complexity index is 481. The number of hydrogen-bond donors (Lipinski definition) is 1. The van der Waals surface area contributed by atoms with Gasteiger partial charge in [-0.2, -0.15) is 13.2 Å². The fourth-order valence-corrected chi connectivity index (χ4v) is 2.14. The summed E-state index contributed by atoms with van der Waals surface area (Å²) in [5.74, 6) is 0.101. The van der Waals surface area contributed by atoms with Crippen LogP contribution in [0.3, 0.4) is 0 Å². The van der Waals surface area contributed by atoms with E-state index in [9.17, 15) is 18.0 Å². The Morgan fingerprint density at radius 3 is 2.43 bits per heavy atom. The van der Waals surface area contributed by atoms with E-state index in [1.165, 1.54) is 12.4 Å². The lowest BCUT2D eigenvalue weighted by atomic mass is 10.00. The molecule has 1 amide bonds. The zero-order valence-electron chi connectivity index (χ0n) is 11.7. The topological polar surface area (TPSA) is 58.1 Å². The van der Waals surface area contributed by atoms with Gasteiger partial charge in [0.1, 0.15) is 6.42 Å². The second kappa shape index (κ2) is 6.28. The lowest BCUT2D eigenvalue weighted by Crippen LogP contribution is -2.34. The molecule has 0 aromatic carbocycles. The highest BCUT2D eigenvalue weighted by Crippen LogP contribution is 2.22. The van der Waals surface area contributed by atoms with E-state index >= 15 is 0 Å². The molecule has 1 saturated heterocycles. The number of halogens is 3. The number of carbonyl (C=O) groups is 1. The number of hydrogen-bond acceptors (Lipinski definition) is 4. The van der Waals surface area contributed by atoms with Crippen molar-refractivity contribution in [2.45, 2.75) is 32.4 Å². The number of carbonyl (C=O) groups excluding carboxylic acids is 1. The van der Waals surface area contributed by atoms with Crippen LogP contribution in [-0.4, -0.2) is 35.1 Å².